The number of amides is 1. The van der Waals surface area contributed by atoms with Gasteiger partial charge in [0.1, 0.15) is 0 Å². The zero-order chi connectivity index (χ0) is 18.3. The molecule has 0 rings (SSSR count). The molecule has 0 saturated carbocycles. The molecule has 0 radical (unpaired) electrons. The normalized spacial score (nSPS) is 12.6. The Balaban J connectivity index is 3.28. The third-order valence-corrected chi connectivity index (χ3v) is 4.75. The Labute approximate surface area is 148 Å². The van der Waals surface area contributed by atoms with Crippen LogP contribution in [0.4, 0.5) is 0 Å². The third kappa shape index (κ3) is 13.6. The molecular weight excluding hydrogens is 302 g/mol. The number of aliphatic hydroxyl groups is 2. The lowest BCUT2D eigenvalue weighted by Gasteiger charge is -2.19. The van der Waals surface area contributed by atoms with Crippen LogP contribution in [0.5, 0.6) is 0 Å². The quantitative estimate of drug-likeness (QED) is 0.218. The molecule has 0 aliphatic heterocycles. The van der Waals surface area contributed by atoms with E-state index in [-0.39, 0.29) is 5.91 Å². The molecule has 0 atom stereocenters. The molecule has 4 N–H and O–H groups in total. The van der Waals surface area contributed by atoms with Crippen LogP contribution in [0.2, 0.25) is 0 Å². The van der Waals surface area contributed by atoms with Crippen LogP contribution in [0.25, 0.3) is 0 Å². The fraction of sp³-hybridized carbons (Fsp3) is 0.850. The molecule has 0 aromatic carbocycles. The van der Waals surface area contributed by atoms with E-state index < -0.39 is 5.79 Å². The van der Waals surface area contributed by atoms with E-state index in [1.165, 1.54) is 51.4 Å². The average molecular weight is 342 g/mol. The first-order chi connectivity index (χ1) is 11.4. The van der Waals surface area contributed by atoms with Gasteiger partial charge in [-0.2, -0.15) is 0 Å². The number of carbonyl (C=O) groups is 1. The van der Waals surface area contributed by atoms with Gasteiger partial charge >= 0.3 is 0 Å². The van der Waals surface area contributed by atoms with Crippen LogP contribution in [-0.2, 0) is 4.79 Å². The Morgan fingerprint density at radius 1 is 0.875 bits per heavy atom. The topological polar surface area (TPSA) is 83.6 Å². The SMILES string of the molecule is C/C=C(\CCCCCCCCCCCCCC(O)(O)CC)C(N)=O. The minimum Gasteiger partial charge on any atom is -0.366 e. The van der Waals surface area contributed by atoms with Gasteiger partial charge < -0.3 is 15.9 Å². The number of hydrogen-bond donors (Lipinski definition) is 3. The molecule has 0 aliphatic rings. The van der Waals surface area contributed by atoms with Crippen LogP contribution in [0, 0.1) is 0 Å². The van der Waals surface area contributed by atoms with Gasteiger partial charge in [-0.25, -0.2) is 0 Å². The Bertz CT molecular complexity index is 351. The Morgan fingerprint density at radius 3 is 1.67 bits per heavy atom. The zero-order valence-electron chi connectivity index (χ0n) is 15.9. The van der Waals surface area contributed by atoms with E-state index in [4.69, 9.17) is 5.73 Å². The Hall–Kier alpha value is -0.870. The highest BCUT2D eigenvalue weighted by Gasteiger charge is 2.18. The summed E-state index contributed by atoms with van der Waals surface area (Å²) in [6.45, 7) is 3.67. The number of hydrogen-bond acceptors (Lipinski definition) is 3. The lowest BCUT2D eigenvalue weighted by atomic mass is 10.0. The number of rotatable bonds is 16. The van der Waals surface area contributed by atoms with Gasteiger partial charge in [0, 0.05) is 12.0 Å². The molecule has 0 aromatic heterocycles. The third-order valence-electron chi connectivity index (χ3n) is 4.75. The first kappa shape index (κ1) is 23.1. The number of carbonyl (C=O) groups excluding carboxylic acids is 1. The number of nitrogens with two attached hydrogens (primary N) is 1. The van der Waals surface area contributed by atoms with E-state index in [1.54, 1.807) is 6.92 Å². The van der Waals surface area contributed by atoms with Crippen molar-refractivity contribution in [2.45, 2.75) is 110 Å². The van der Waals surface area contributed by atoms with Gasteiger partial charge in [0.25, 0.3) is 0 Å². The summed E-state index contributed by atoms with van der Waals surface area (Å²) >= 11 is 0. The van der Waals surface area contributed by atoms with Gasteiger partial charge in [0.05, 0.1) is 0 Å². The fourth-order valence-electron chi connectivity index (χ4n) is 2.90. The summed E-state index contributed by atoms with van der Waals surface area (Å²) in [5.41, 5.74) is 6.04. The van der Waals surface area contributed by atoms with Crippen LogP contribution in [0.1, 0.15) is 104 Å². The Morgan fingerprint density at radius 2 is 1.29 bits per heavy atom. The number of unbranched alkanes of at least 4 members (excludes halogenated alkanes) is 10. The molecule has 0 heterocycles. The van der Waals surface area contributed by atoms with Crippen LogP contribution in [0.15, 0.2) is 11.6 Å². The van der Waals surface area contributed by atoms with E-state index >= 15 is 0 Å². The molecule has 24 heavy (non-hydrogen) atoms. The van der Waals surface area contributed by atoms with Crippen molar-refractivity contribution in [3.63, 3.8) is 0 Å². The van der Waals surface area contributed by atoms with Crippen LogP contribution >= 0.6 is 0 Å². The van der Waals surface area contributed by atoms with Gasteiger partial charge in [0.2, 0.25) is 5.91 Å². The zero-order valence-corrected chi connectivity index (χ0v) is 15.9. The van der Waals surface area contributed by atoms with Crippen molar-refractivity contribution >= 4 is 5.91 Å². The molecule has 142 valence electrons. The van der Waals surface area contributed by atoms with Gasteiger partial charge in [-0.05, 0) is 32.6 Å². The highest BCUT2D eigenvalue weighted by Crippen LogP contribution is 2.17. The van der Waals surface area contributed by atoms with Crippen molar-refractivity contribution in [1.82, 2.24) is 0 Å². The molecule has 4 heteroatoms. The van der Waals surface area contributed by atoms with E-state index in [0.29, 0.717) is 12.8 Å². The second-order valence-corrected chi connectivity index (χ2v) is 6.90. The van der Waals surface area contributed by atoms with Crippen LogP contribution < -0.4 is 5.73 Å². The molecule has 0 spiro atoms. The Kier molecular flexibility index (Phi) is 13.9. The van der Waals surface area contributed by atoms with Crippen molar-refractivity contribution in [1.29, 1.82) is 0 Å². The molecule has 1 amide bonds. The summed E-state index contributed by atoms with van der Waals surface area (Å²) < 4.78 is 0. The smallest absolute Gasteiger partial charge is 0.244 e. The van der Waals surface area contributed by atoms with E-state index in [2.05, 4.69) is 0 Å². The number of allylic oxidation sites excluding steroid dienone is 1. The minimum atomic E-state index is -1.45. The maximum absolute atomic E-state index is 11.1. The van der Waals surface area contributed by atoms with E-state index in [9.17, 15) is 15.0 Å². The van der Waals surface area contributed by atoms with E-state index in [1.807, 2.05) is 13.0 Å². The van der Waals surface area contributed by atoms with Gasteiger partial charge in [-0.15, -0.1) is 0 Å². The molecule has 0 fully saturated rings. The van der Waals surface area contributed by atoms with Crippen molar-refractivity contribution < 1.29 is 15.0 Å². The average Bonchev–Trinajstić information content (AvgIpc) is 2.55. The highest BCUT2D eigenvalue weighted by molar-refractivity contribution is 5.91. The summed E-state index contributed by atoms with van der Waals surface area (Å²) in [4.78, 5) is 11.1. The molecular formula is C20H39NO3. The maximum Gasteiger partial charge on any atom is 0.244 e. The summed E-state index contributed by atoms with van der Waals surface area (Å²) in [6.07, 6.45) is 16.6. The lowest BCUT2D eigenvalue weighted by molar-refractivity contribution is -0.167. The molecule has 0 bridgehead atoms. The standard InChI is InChI=1S/C20H39NO3/c1-3-18(19(21)22)16-14-12-10-8-6-5-7-9-11-13-15-17-20(23,24)4-2/h3,23-24H,4-17H2,1-2H3,(H2,21,22)/b18-3+. The summed E-state index contributed by atoms with van der Waals surface area (Å²) in [6, 6.07) is 0. The van der Waals surface area contributed by atoms with Crippen molar-refractivity contribution in [2.75, 3.05) is 0 Å². The second kappa shape index (κ2) is 14.5. The van der Waals surface area contributed by atoms with Crippen molar-refractivity contribution in [3.8, 4) is 0 Å². The number of primary amides is 1. The predicted molar refractivity (Wildman–Crippen MR) is 100 cm³/mol. The largest absolute Gasteiger partial charge is 0.366 e. The second-order valence-electron chi connectivity index (χ2n) is 6.90. The first-order valence-electron chi connectivity index (χ1n) is 9.82. The summed E-state index contributed by atoms with van der Waals surface area (Å²) in [5, 5.41) is 19.0. The molecule has 0 unspecified atom stereocenters. The minimum absolute atomic E-state index is 0.282. The summed E-state index contributed by atoms with van der Waals surface area (Å²) in [5.74, 6) is -1.73. The van der Waals surface area contributed by atoms with Crippen molar-refractivity contribution in [2.24, 2.45) is 5.73 Å². The maximum atomic E-state index is 11.1. The van der Waals surface area contributed by atoms with Crippen molar-refractivity contribution in [3.05, 3.63) is 11.6 Å². The van der Waals surface area contributed by atoms with E-state index in [0.717, 1.165) is 31.3 Å². The highest BCUT2D eigenvalue weighted by atomic mass is 16.5. The monoisotopic (exact) mass is 341 g/mol. The van der Waals surface area contributed by atoms with Crippen LogP contribution in [-0.4, -0.2) is 21.9 Å². The molecule has 4 nitrogen and oxygen atoms in total. The predicted octanol–water partition coefficient (Wildman–Crippen LogP) is 4.58. The molecule has 0 aromatic rings. The van der Waals surface area contributed by atoms with Crippen LogP contribution in [0.3, 0.4) is 0 Å². The molecule has 0 aliphatic carbocycles. The molecule has 0 saturated heterocycles. The first-order valence-corrected chi connectivity index (χ1v) is 9.82. The lowest BCUT2D eigenvalue weighted by Crippen LogP contribution is -2.26. The van der Waals surface area contributed by atoms with Gasteiger partial charge in [-0.3, -0.25) is 4.79 Å². The van der Waals surface area contributed by atoms with Gasteiger partial charge in [-0.1, -0.05) is 70.8 Å². The fourth-order valence-corrected chi connectivity index (χ4v) is 2.90. The summed E-state index contributed by atoms with van der Waals surface area (Å²) in [7, 11) is 0. The van der Waals surface area contributed by atoms with Gasteiger partial charge in [0.15, 0.2) is 5.79 Å².